The van der Waals surface area contributed by atoms with Crippen molar-refractivity contribution in [3.8, 4) is 0 Å². The van der Waals surface area contributed by atoms with E-state index >= 15 is 0 Å². The van der Waals surface area contributed by atoms with Crippen LogP contribution in [-0.2, 0) is 0 Å². The van der Waals surface area contributed by atoms with E-state index in [4.69, 9.17) is 0 Å². The maximum Gasteiger partial charge on any atom is -0.0393 e. The van der Waals surface area contributed by atoms with Crippen molar-refractivity contribution in [3.63, 3.8) is 0 Å². The molecule has 0 saturated carbocycles. The van der Waals surface area contributed by atoms with Crippen LogP contribution in [0.15, 0.2) is 0 Å². The van der Waals surface area contributed by atoms with Crippen LogP contribution < -0.4 is 0 Å². The fourth-order valence-corrected chi connectivity index (χ4v) is 0. The van der Waals surface area contributed by atoms with Gasteiger partial charge in [-0.1, -0.05) is 26.7 Å². The van der Waals surface area contributed by atoms with Crippen LogP contribution >= 0.6 is 19.8 Å². The summed E-state index contributed by atoms with van der Waals surface area (Å²) in [4.78, 5) is 0. The van der Waals surface area contributed by atoms with Crippen LogP contribution in [-0.4, -0.2) is 0 Å². The molecule has 0 spiro atoms. The van der Waals surface area contributed by atoms with Gasteiger partial charge in [-0.25, -0.2) is 0 Å². The topological polar surface area (TPSA) is 0 Å². The Kier molecular flexibility index (Phi) is 28.3. The Morgan fingerprint density at radius 3 is 1.33 bits per heavy atom. The smallest absolute Gasteiger partial charge is 0.0393 e. The second-order valence-electron chi connectivity index (χ2n) is 1.000. The lowest BCUT2D eigenvalue weighted by molar-refractivity contribution is 0.886. The van der Waals surface area contributed by atoms with Gasteiger partial charge < -0.3 is 0 Å². The average molecular weight is 127 g/mol. The number of rotatable bonds is 1. The molecule has 0 aliphatic heterocycles. The summed E-state index contributed by atoms with van der Waals surface area (Å²) < 4.78 is 0. The molecule has 0 N–H and O–H groups in total. The molecule has 0 aliphatic carbocycles. The van der Waals surface area contributed by atoms with Gasteiger partial charge >= 0.3 is 0 Å². The highest BCUT2D eigenvalue weighted by Crippen LogP contribution is 1.78. The predicted octanol–water partition coefficient (Wildman–Crippen LogP) is 2.82. The van der Waals surface area contributed by atoms with Crippen LogP contribution in [0, 0.1) is 0 Å². The van der Waals surface area contributed by atoms with E-state index in [2.05, 4.69) is 25.1 Å². The zero-order valence-electron chi connectivity index (χ0n) is 4.37. The van der Waals surface area contributed by atoms with Gasteiger partial charge in [-0.05, 0) is 8.59 Å². The minimum absolute atomic E-state index is 1.32. The molecular formula is C4H12ClP. The predicted molar refractivity (Wildman–Crippen MR) is 36.1 cm³/mol. The quantitative estimate of drug-likeness (QED) is 0.474. The summed E-state index contributed by atoms with van der Waals surface area (Å²) in [5, 5.41) is 0. The van der Waals surface area contributed by atoms with Gasteiger partial charge in [-0.3, -0.25) is 0 Å². The first-order chi connectivity index (χ1) is 2.91. The highest BCUT2D eigenvalue weighted by atomic mass is 35.7. The van der Waals surface area contributed by atoms with Gasteiger partial charge in [-0.15, -0.1) is 11.2 Å². The van der Waals surface area contributed by atoms with Crippen molar-refractivity contribution in [1.29, 1.82) is 0 Å². The van der Waals surface area contributed by atoms with Crippen molar-refractivity contribution in [1.82, 2.24) is 0 Å². The molecule has 6 heavy (non-hydrogen) atoms. The highest BCUT2D eigenvalue weighted by molar-refractivity contribution is 7.52. The first kappa shape index (κ1) is 9.87. The molecule has 0 rings (SSSR count). The molecule has 0 aromatic heterocycles. The molecule has 0 aliphatic rings. The standard InChI is InChI=1S/C4H10.ClH2P/c1-3-4-2;1-2/h3-4H2,1-2H3;2H2. The molecule has 1 atom stereocenters. The number of hydrogen-bond acceptors (Lipinski definition) is 0. The monoisotopic (exact) mass is 126 g/mol. The zero-order valence-corrected chi connectivity index (χ0v) is 6.28. The summed E-state index contributed by atoms with van der Waals surface area (Å²) >= 11 is 4.56. The molecule has 0 nitrogen and oxygen atoms in total. The second-order valence-corrected chi connectivity index (χ2v) is 1.000. The Bertz CT molecular complexity index is 9.51. The summed E-state index contributed by atoms with van der Waals surface area (Å²) in [5.41, 5.74) is 0. The van der Waals surface area contributed by atoms with Gasteiger partial charge in [0.05, 0.1) is 0 Å². The minimum atomic E-state index is 1.32. The van der Waals surface area contributed by atoms with E-state index in [1.165, 1.54) is 12.8 Å². The molecule has 40 valence electrons. The van der Waals surface area contributed by atoms with Crippen LogP contribution in [0.2, 0.25) is 0 Å². The molecule has 1 unspecified atom stereocenters. The van der Waals surface area contributed by atoms with Crippen molar-refractivity contribution in [2.24, 2.45) is 0 Å². The van der Waals surface area contributed by atoms with Gasteiger partial charge in [-0.2, -0.15) is 0 Å². The number of halogens is 1. The van der Waals surface area contributed by atoms with Crippen LogP contribution in [0.4, 0.5) is 0 Å². The summed E-state index contributed by atoms with van der Waals surface area (Å²) in [6, 6.07) is 0. The lowest BCUT2D eigenvalue weighted by atomic mass is 10.4. The minimum Gasteiger partial charge on any atom is -0.104 e. The summed E-state index contributed by atoms with van der Waals surface area (Å²) in [6.45, 7) is 4.36. The normalized spacial score (nSPS) is 6.00. The maximum atomic E-state index is 4.56. The van der Waals surface area contributed by atoms with Gasteiger partial charge in [0.15, 0.2) is 0 Å². The van der Waals surface area contributed by atoms with Crippen molar-refractivity contribution in [3.05, 3.63) is 0 Å². The molecule has 0 saturated heterocycles. The van der Waals surface area contributed by atoms with Crippen LogP contribution in [0.3, 0.4) is 0 Å². The fourth-order valence-electron chi connectivity index (χ4n) is 0. The Labute approximate surface area is 47.3 Å². The van der Waals surface area contributed by atoms with Gasteiger partial charge in [0.1, 0.15) is 0 Å². The van der Waals surface area contributed by atoms with Crippen molar-refractivity contribution < 1.29 is 0 Å². The zero-order chi connectivity index (χ0) is 5.41. The van der Waals surface area contributed by atoms with Gasteiger partial charge in [0.2, 0.25) is 0 Å². The van der Waals surface area contributed by atoms with Crippen LogP contribution in [0.5, 0.6) is 0 Å². The summed E-state index contributed by atoms with van der Waals surface area (Å²) in [5.74, 6) is 0. The Balaban J connectivity index is 0. The van der Waals surface area contributed by atoms with Crippen molar-refractivity contribution in [2.75, 3.05) is 0 Å². The molecule has 0 amide bonds. The van der Waals surface area contributed by atoms with E-state index in [1.807, 2.05) is 8.59 Å². The largest absolute Gasteiger partial charge is 0.104 e. The van der Waals surface area contributed by atoms with E-state index in [9.17, 15) is 0 Å². The number of hydrogen-bond donors (Lipinski definition) is 0. The number of unbranched alkanes of at least 4 members (excludes halogenated alkanes) is 1. The van der Waals surface area contributed by atoms with Crippen LogP contribution in [0.1, 0.15) is 26.7 Å². The lowest BCUT2D eigenvalue weighted by Gasteiger charge is -1.68. The third-order valence-electron chi connectivity index (χ3n) is 0.500. The average Bonchev–Trinajstić information content (AvgIpc) is 1.72. The summed E-state index contributed by atoms with van der Waals surface area (Å²) in [6.07, 6.45) is 2.64. The molecule has 2 heteroatoms. The molecule has 0 heterocycles. The molecule has 0 aromatic rings. The SMILES string of the molecule is CCCC.PCl. The molecule has 0 fully saturated rings. The van der Waals surface area contributed by atoms with Crippen molar-refractivity contribution in [2.45, 2.75) is 26.7 Å². The molecule has 0 bridgehead atoms. The second kappa shape index (κ2) is 17.2. The third kappa shape index (κ3) is 22.1. The van der Waals surface area contributed by atoms with Gasteiger partial charge in [0.25, 0.3) is 0 Å². The summed E-state index contributed by atoms with van der Waals surface area (Å²) in [7, 11) is 1.89. The maximum absolute atomic E-state index is 4.56. The van der Waals surface area contributed by atoms with Gasteiger partial charge in [0, 0.05) is 0 Å². The van der Waals surface area contributed by atoms with Crippen molar-refractivity contribution >= 4 is 19.8 Å². The first-order valence-corrected chi connectivity index (χ1v) is 3.88. The van der Waals surface area contributed by atoms with E-state index in [0.29, 0.717) is 0 Å². The molecule has 0 aromatic carbocycles. The lowest BCUT2D eigenvalue weighted by Crippen LogP contribution is -1.47. The molecule has 0 radical (unpaired) electrons. The first-order valence-electron chi connectivity index (χ1n) is 2.13. The Morgan fingerprint density at radius 1 is 1.17 bits per heavy atom. The van der Waals surface area contributed by atoms with E-state index < -0.39 is 0 Å². The highest BCUT2D eigenvalue weighted by Gasteiger charge is 1.56. The fraction of sp³-hybridized carbons (Fsp3) is 1.00. The van der Waals surface area contributed by atoms with E-state index in [1.54, 1.807) is 0 Å². The van der Waals surface area contributed by atoms with Crippen LogP contribution in [0.25, 0.3) is 0 Å². The third-order valence-corrected chi connectivity index (χ3v) is 0.500. The molecular weight excluding hydrogens is 114 g/mol. The Hall–Kier alpha value is 0.720. The van der Waals surface area contributed by atoms with E-state index in [-0.39, 0.29) is 0 Å². The Morgan fingerprint density at radius 2 is 1.33 bits per heavy atom. The van der Waals surface area contributed by atoms with E-state index in [0.717, 1.165) is 0 Å².